The van der Waals surface area contributed by atoms with Gasteiger partial charge in [0.15, 0.2) is 5.78 Å². The van der Waals surface area contributed by atoms with Gasteiger partial charge in [-0.3, -0.25) is 9.78 Å². The largest absolute Gasteiger partial charge is 0.340 e. The van der Waals surface area contributed by atoms with Gasteiger partial charge in [0.05, 0.1) is 5.69 Å². The fourth-order valence-corrected chi connectivity index (χ4v) is 3.07. The van der Waals surface area contributed by atoms with Crippen molar-refractivity contribution >= 4 is 17.2 Å². The summed E-state index contributed by atoms with van der Waals surface area (Å²) in [6.45, 7) is 0.595. The summed E-state index contributed by atoms with van der Waals surface area (Å²) in [6.07, 6.45) is 3.95. The van der Waals surface area contributed by atoms with E-state index < -0.39 is 0 Å². The number of hydrogen-bond donors (Lipinski definition) is 0. The van der Waals surface area contributed by atoms with Crippen molar-refractivity contribution in [1.29, 1.82) is 0 Å². The van der Waals surface area contributed by atoms with Gasteiger partial charge in [-0.25, -0.2) is 4.39 Å². The molecule has 0 saturated carbocycles. The number of anilines is 2. The molecule has 0 N–H and O–H groups in total. The van der Waals surface area contributed by atoms with Crippen LogP contribution in [0.5, 0.6) is 0 Å². The van der Waals surface area contributed by atoms with Gasteiger partial charge in [0, 0.05) is 36.6 Å². The van der Waals surface area contributed by atoms with Crippen molar-refractivity contribution in [2.75, 3.05) is 11.4 Å². The Hall–Kier alpha value is -3.01. The van der Waals surface area contributed by atoms with Gasteiger partial charge < -0.3 is 4.90 Å². The zero-order chi connectivity index (χ0) is 16.5. The molecule has 0 radical (unpaired) electrons. The normalized spacial score (nSPS) is 13.7. The van der Waals surface area contributed by atoms with Crippen molar-refractivity contribution in [1.82, 2.24) is 4.98 Å². The van der Waals surface area contributed by atoms with Gasteiger partial charge in [-0.2, -0.15) is 0 Å². The van der Waals surface area contributed by atoms with Gasteiger partial charge in [-0.05, 0) is 59.7 Å². The number of benzene rings is 2. The Labute approximate surface area is 139 Å². The maximum absolute atomic E-state index is 13.2. The minimum atomic E-state index is -0.266. The van der Waals surface area contributed by atoms with E-state index in [-0.39, 0.29) is 11.6 Å². The molecule has 0 aliphatic carbocycles. The maximum atomic E-state index is 13.2. The van der Waals surface area contributed by atoms with Crippen LogP contribution < -0.4 is 4.90 Å². The lowest BCUT2D eigenvalue weighted by molar-refractivity contribution is 0.0981. The lowest BCUT2D eigenvalue weighted by atomic mass is 9.95. The second kappa shape index (κ2) is 5.89. The summed E-state index contributed by atoms with van der Waals surface area (Å²) in [5.74, 6) is -0.123. The standard InChI is InChI=1S/C20H15FN2O/c21-16-2-4-17(5-3-16)23-12-9-20(24)18-6-1-15(13-19(18)23)14-7-10-22-11-8-14/h1-8,10-11,13H,9,12H2. The molecule has 1 aliphatic heterocycles. The molecule has 2 aromatic carbocycles. The Morgan fingerprint density at radius 2 is 1.67 bits per heavy atom. The average Bonchev–Trinajstić information content (AvgIpc) is 2.63. The van der Waals surface area contributed by atoms with Crippen LogP contribution in [0.1, 0.15) is 16.8 Å². The molecule has 0 spiro atoms. The van der Waals surface area contributed by atoms with Crippen molar-refractivity contribution in [2.24, 2.45) is 0 Å². The molecular formula is C20H15FN2O. The summed E-state index contributed by atoms with van der Waals surface area (Å²) in [5.41, 5.74) is 4.54. The van der Waals surface area contributed by atoms with E-state index in [1.807, 2.05) is 30.3 Å². The number of pyridine rings is 1. The van der Waals surface area contributed by atoms with Gasteiger partial charge in [0.1, 0.15) is 5.82 Å². The van der Waals surface area contributed by atoms with E-state index in [4.69, 9.17) is 0 Å². The second-order valence-corrected chi connectivity index (χ2v) is 5.77. The molecule has 118 valence electrons. The third-order valence-corrected chi connectivity index (χ3v) is 4.30. The molecule has 4 rings (SSSR count). The van der Waals surface area contributed by atoms with Crippen LogP contribution >= 0.6 is 0 Å². The van der Waals surface area contributed by atoms with Crippen molar-refractivity contribution in [2.45, 2.75) is 6.42 Å². The first-order valence-electron chi connectivity index (χ1n) is 7.83. The zero-order valence-corrected chi connectivity index (χ0v) is 12.9. The Bertz CT molecular complexity index is 891. The molecule has 4 heteroatoms. The monoisotopic (exact) mass is 318 g/mol. The molecular weight excluding hydrogens is 303 g/mol. The molecule has 0 bridgehead atoms. The number of ketones is 1. The third-order valence-electron chi connectivity index (χ3n) is 4.30. The van der Waals surface area contributed by atoms with Gasteiger partial charge in [-0.1, -0.05) is 6.07 Å². The first kappa shape index (κ1) is 14.6. The van der Waals surface area contributed by atoms with E-state index in [1.165, 1.54) is 12.1 Å². The molecule has 3 aromatic rings. The van der Waals surface area contributed by atoms with Crippen LogP contribution in [0.4, 0.5) is 15.8 Å². The van der Waals surface area contributed by atoms with Crippen molar-refractivity contribution in [3.63, 3.8) is 0 Å². The van der Waals surface area contributed by atoms with Crippen LogP contribution in [0.3, 0.4) is 0 Å². The smallest absolute Gasteiger partial charge is 0.166 e. The van der Waals surface area contributed by atoms with Crippen molar-refractivity contribution in [3.05, 3.63) is 78.4 Å². The second-order valence-electron chi connectivity index (χ2n) is 5.77. The SMILES string of the molecule is O=C1CCN(c2ccc(F)cc2)c2cc(-c3ccncc3)ccc21. The van der Waals surface area contributed by atoms with Gasteiger partial charge >= 0.3 is 0 Å². The average molecular weight is 318 g/mol. The molecule has 1 aromatic heterocycles. The van der Waals surface area contributed by atoms with E-state index in [2.05, 4.69) is 9.88 Å². The maximum Gasteiger partial charge on any atom is 0.166 e. The molecule has 24 heavy (non-hydrogen) atoms. The Balaban J connectivity index is 1.83. The number of Topliss-reactive ketones (excluding diaryl/α,β-unsaturated/α-hetero) is 1. The number of nitrogens with zero attached hydrogens (tertiary/aromatic N) is 2. The number of hydrogen-bond acceptors (Lipinski definition) is 3. The van der Waals surface area contributed by atoms with E-state index in [0.717, 1.165) is 22.5 Å². The van der Waals surface area contributed by atoms with E-state index in [9.17, 15) is 9.18 Å². The van der Waals surface area contributed by atoms with E-state index in [1.54, 1.807) is 24.5 Å². The predicted molar refractivity (Wildman–Crippen MR) is 92.0 cm³/mol. The van der Waals surface area contributed by atoms with Crippen LogP contribution in [0.15, 0.2) is 67.0 Å². The predicted octanol–water partition coefficient (Wildman–Crippen LogP) is 4.61. The molecule has 3 nitrogen and oxygen atoms in total. The number of halogens is 1. The number of carbonyl (C=O) groups is 1. The summed E-state index contributed by atoms with van der Waals surface area (Å²) < 4.78 is 13.2. The third kappa shape index (κ3) is 2.56. The molecule has 0 unspecified atom stereocenters. The Morgan fingerprint density at radius 1 is 0.917 bits per heavy atom. The van der Waals surface area contributed by atoms with Crippen LogP contribution in [0, 0.1) is 5.82 Å². The first-order valence-corrected chi connectivity index (χ1v) is 7.83. The first-order chi connectivity index (χ1) is 11.7. The molecule has 1 aliphatic rings. The molecule has 0 amide bonds. The minimum Gasteiger partial charge on any atom is -0.340 e. The highest BCUT2D eigenvalue weighted by atomic mass is 19.1. The van der Waals surface area contributed by atoms with Crippen LogP contribution in [0.25, 0.3) is 11.1 Å². The summed E-state index contributed by atoms with van der Waals surface area (Å²) >= 11 is 0. The van der Waals surface area contributed by atoms with E-state index in [0.29, 0.717) is 18.5 Å². The van der Waals surface area contributed by atoms with Crippen LogP contribution in [0.2, 0.25) is 0 Å². The van der Waals surface area contributed by atoms with E-state index >= 15 is 0 Å². The Kier molecular flexibility index (Phi) is 3.58. The zero-order valence-electron chi connectivity index (χ0n) is 12.9. The fourth-order valence-electron chi connectivity index (χ4n) is 3.07. The summed E-state index contributed by atoms with van der Waals surface area (Å²) in [5, 5.41) is 0. The molecule has 0 atom stereocenters. The highest BCUT2D eigenvalue weighted by Crippen LogP contribution is 2.36. The summed E-state index contributed by atoms with van der Waals surface area (Å²) in [6, 6.07) is 16.1. The minimum absolute atomic E-state index is 0.143. The highest BCUT2D eigenvalue weighted by Gasteiger charge is 2.24. The van der Waals surface area contributed by atoms with Crippen LogP contribution in [-0.2, 0) is 0 Å². The number of carbonyl (C=O) groups excluding carboxylic acids is 1. The quantitative estimate of drug-likeness (QED) is 0.691. The molecule has 2 heterocycles. The lowest BCUT2D eigenvalue weighted by Crippen LogP contribution is -2.28. The van der Waals surface area contributed by atoms with Gasteiger partial charge in [0.2, 0.25) is 0 Å². The van der Waals surface area contributed by atoms with Gasteiger partial charge in [0.25, 0.3) is 0 Å². The summed E-state index contributed by atoms with van der Waals surface area (Å²) in [4.78, 5) is 18.4. The highest BCUT2D eigenvalue weighted by molar-refractivity contribution is 6.05. The van der Waals surface area contributed by atoms with Crippen molar-refractivity contribution < 1.29 is 9.18 Å². The van der Waals surface area contributed by atoms with Crippen molar-refractivity contribution in [3.8, 4) is 11.1 Å². The van der Waals surface area contributed by atoms with Crippen LogP contribution in [-0.4, -0.2) is 17.3 Å². The topological polar surface area (TPSA) is 33.2 Å². The number of rotatable bonds is 2. The fraction of sp³-hybridized carbons (Fsp3) is 0.100. The summed E-state index contributed by atoms with van der Waals surface area (Å²) in [7, 11) is 0. The lowest BCUT2D eigenvalue weighted by Gasteiger charge is -2.31. The molecule has 0 saturated heterocycles. The number of fused-ring (bicyclic) bond motifs is 1. The number of aromatic nitrogens is 1. The van der Waals surface area contributed by atoms with Gasteiger partial charge in [-0.15, -0.1) is 0 Å². The molecule has 0 fully saturated rings. The Morgan fingerprint density at radius 3 is 2.42 bits per heavy atom.